The number of fused-ring (bicyclic) bond motifs is 3. The molecule has 2 heterocycles. The number of hydrogen-bond acceptors (Lipinski definition) is 4. The van der Waals surface area contributed by atoms with Crippen molar-refractivity contribution in [2.75, 3.05) is 0 Å². The molecule has 0 fully saturated rings. The van der Waals surface area contributed by atoms with Crippen LogP contribution in [0.2, 0.25) is 0 Å². The van der Waals surface area contributed by atoms with Crippen molar-refractivity contribution in [2.24, 2.45) is 0 Å². The molecule has 0 aliphatic rings. The molecule has 0 saturated heterocycles. The van der Waals surface area contributed by atoms with E-state index in [0.717, 1.165) is 22.3 Å². The Bertz CT molecular complexity index is 3180. The van der Waals surface area contributed by atoms with Crippen LogP contribution in [0.4, 0.5) is 0 Å². The van der Waals surface area contributed by atoms with Crippen LogP contribution in [0.15, 0.2) is 180 Å². The maximum Gasteiger partial charge on any atom is 0.164 e. The van der Waals surface area contributed by atoms with Gasteiger partial charge in [-0.3, -0.25) is 0 Å². The van der Waals surface area contributed by atoms with Gasteiger partial charge in [-0.1, -0.05) is 164 Å². The summed E-state index contributed by atoms with van der Waals surface area (Å²) >= 11 is 0. The van der Waals surface area contributed by atoms with Crippen molar-refractivity contribution < 1.29 is 19.5 Å². The normalized spacial score (nSPS) is 14.4. The average molecular weight is 639 g/mol. The van der Waals surface area contributed by atoms with Gasteiger partial charge >= 0.3 is 0 Å². The molecule has 230 valence electrons. The van der Waals surface area contributed by atoms with Crippen LogP contribution in [0.3, 0.4) is 0 Å². The van der Waals surface area contributed by atoms with E-state index in [2.05, 4.69) is 0 Å². The van der Waals surface area contributed by atoms with E-state index in [9.17, 15) is 1.37 Å². The van der Waals surface area contributed by atoms with Crippen molar-refractivity contribution in [3.8, 4) is 67.5 Å². The van der Waals surface area contributed by atoms with Crippen molar-refractivity contribution in [1.82, 2.24) is 15.0 Å². The molecule has 0 radical (unpaired) electrons. The zero-order chi connectivity index (χ0) is 42.1. The highest BCUT2D eigenvalue weighted by molar-refractivity contribution is 6.15. The number of furan rings is 1. The van der Waals surface area contributed by atoms with Crippen LogP contribution in [0.5, 0.6) is 0 Å². The summed E-state index contributed by atoms with van der Waals surface area (Å²) in [6.45, 7) is 0. The molecule has 0 spiro atoms. The van der Waals surface area contributed by atoms with E-state index in [4.69, 9.17) is 33.1 Å². The van der Waals surface area contributed by atoms with E-state index in [1.54, 1.807) is 0 Å². The van der Waals surface area contributed by atoms with Crippen molar-refractivity contribution in [1.29, 1.82) is 0 Å². The molecule has 0 saturated carbocycles. The molecular weight excluding hydrogens is 599 g/mol. The van der Waals surface area contributed by atoms with Crippen LogP contribution in [-0.2, 0) is 0 Å². The predicted octanol–water partition coefficient (Wildman–Crippen LogP) is 11.8. The van der Waals surface area contributed by atoms with Crippen LogP contribution in [0.25, 0.3) is 89.5 Å². The van der Waals surface area contributed by atoms with E-state index >= 15 is 0 Å². The molecule has 2 aromatic heterocycles. The van der Waals surface area contributed by atoms with Crippen LogP contribution in [0, 0.1) is 0 Å². The lowest BCUT2D eigenvalue weighted by Gasteiger charge is -2.11. The van der Waals surface area contributed by atoms with Crippen LogP contribution in [0.1, 0.15) is 15.1 Å². The fourth-order valence-electron chi connectivity index (χ4n) is 5.85. The second-order valence-corrected chi connectivity index (χ2v) is 11.2. The van der Waals surface area contributed by atoms with Gasteiger partial charge in [0.05, 0.1) is 15.1 Å². The third-order valence-corrected chi connectivity index (χ3v) is 8.21. The molecule has 0 unspecified atom stereocenters. The molecule has 0 N–H and O–H groups in total. The number of nitrogens with zero attached hydrogens (tertiary/aromatic N) is 3. The predicted molar refractivity (Wildman–Crippen MR) is 200 cm³/mol. The van der Waals surface area contributed by atoms with Gasteiger partial charge < -0.3 is 4.42 Å². The Labute approximate surface area is 299 Å². The molecule has 0 atom stereocenters. The van der Waals surface area contributed by atoms with E-state index in [1.807, 2.05) is 109 Å². The third-order valence-electron chi connectivity index (χ3n) is 8.21. The summed E-state index contributed by atoms with van der Waals surface area (Å²) in [6, 6.07) is 27.9. The summed E-state index contributed by atoms with van der Waals surface area (Å²) in [4.78, 5) is 14.6. The van der Waals surface area contributed by atoms with E-state index in [0.29, 0.717) is 11.1 Å². The lowest BCUT2D eigenvalue weighted by molar-refractivity contribution is 0.670. The zero-order valence-corrected chi connectivity index (χ0v) is 25.6. The molecule has 0 aliphatic heterocycles. The third kappa shape index (κ3) is 5.35. The lowest BCUT2D eigenvalue weighted by Crippen LogP contribution is -2.00. The number of hydrogen-bond donors (Lipinski definition) is 0. The van der Waals surface area contributed by atoms with Crippen LogP contribution < -0.4 is 0 Å². The Morgan fingerprint density at radius 3 is 1.73 bits per heavy atom. The molecule has 0 bridgehead atoms. The highest BCUT2D eigenvalue weighted by atomic mass is 16.3. The van der Waals surface area contributed by atoms with Crippen molar-refractivity contribution in [3.63, 3.8) is 0 Å². The second kappa shape index (κ2) is 12.2. The molecule has 4 heteroatoms. The summed E-state index contributed by atoms with van der Waals surface area (Å²) in [5, 5.41) is -0.254. The van der Waals surface area contributed by atoms with Gasteiger partial charge in [-0.2, -0.15) is 0 Å². The molecule has 0 amide bonds. The van der Waals surface area contributed by atoms with Gasteiger partial charge in [-0.25, -0.2) is 15.0 Å². The van der Waals surface area contributed by atoms with Gasteiger partial charge in [-0.05, 0) is 39.9 Å². The molecule has 49 heavy (non-hydrogen) atoms. The molecule has 4 nitrogen and oxygen atoms in total. The Hall–Kier alpha value is -6.65. The highest BCUT2D eigenvalue weighted by Gasteiger charge is 2.19. The van der Waals surface area contributed by atoms with Crippen LogP contribution >= 0.6 is 0 Å². The number of benzene rings is 7. The van der Waals surface area contributed by atoms with Gasteiger partial charge in [0.1, 0.15) is 11.2 Å². The summed E-state index contributed by atoms with van der Waals surface area (Å²) in [5.74, 6) is 0.313. The molecule has 0 aliphatic carbocycles. The minimum absolute atomic E-state index is 0.0799. The zero-order valence-electron chi connectivity index (χ0n) is 36.6. The minimum Gasteiger partial charge on any atom is -0.455 e. The SMILES string of the molecule is [2H]c1c([2H])c([2H])c(-c2c([2H])c([2H])c([2H])c3c2oc2c([2H])c([2H])c([2H])c(-c4nc(-c5ccc(-c6ccccc6)cc5)nc(-c5cccc(-c6ccccc6)c5)n4)c23)c([2H])c1[2H]. The summed E-state index contributed by atoms with van der Waals surface area (Å²) in [7, 11) is 0. The topological polar surface area (TPSA) is 51.8 Å². The standard InChI is InChI=1S/C45H29N3O/c1-4-13-30(14-5-1)32-25-27-34(28-26-32)43-46-44(36-20-10-19-35(29-36)31-15-6-2-7-16-31)48-45(47-43)39-23-12-24-40-41(39)38-22-11-21-37(42(38)49-40)33-17-8-3-9-18-33/h1-29H/i3D,8D,9D,11D,12D,17D,18D,21D,22D,23D,24D. The van der Waals surface area contributed by atoms with Gasteiger partial charge in [0.15, 0.2) is 17.5 Å². The average Bonchev–Trinajstić information content (AvgIpc) is 3.68. The number of para-hydroxylation sites is 1. The largest absolute Gasteiger partial charge is 0.455 e. The Kier molecular flexibility index (Phi) is 4.78. The van der Waals surface area contributed by atoms with Crippen molar-refractivity contribution >= 4 is 21.9 Å². The number of aromatic nitrogens is 3. The summed E-state index contributed by atoms with van der Waals surface area (Å²) < 4.78 is 102. The van der Waals surface area contributed by atoms with Crippen molar-refractivity contribution in [3.05, 3.63) is 176 Å². The van der Waals surface area contributed by atoms with Crippen molar-refractivity contribution in [2.45, 2.75) is 0 Å². The Balaban J connectivity index is 1.36. The monoisotopic (exact) mass is 638 g/mol. The van der Waals surface area contributed by atoms with E-state index in [1.165, 1.54) is 0 Å². The molecule has 9 aromatic rings. The second-order valence-electron chi connectivity index (χ2n) is 11.2. The van der Waals surface area contributed by atoms with E-state index < -0.39 is 72.0 Å². The maximum absolute atomic E-state index is 9.30. The van der Waals surface area contributed by atoms with E-state index in [-0.39, 0.29) is 50.5 Å². The molecular formula is C45H29N3O. The van der Waals surface area contributed by atoms with Gasteiger partial charge in [-0.15, -0.1) is 0 Å². The fraction of sp³-hybridized carbons (Fsp3) is 0. The fourth-order valence-corrected chi connectivity index (χ4v) is 5.85. The van der Waals surface area contributed by atoms with Gasteiger partial charge in [0.25, 0.3) is 0 Å². The lowest BCUT2D eigenvalue weighted by atomic mass is 10.00. The van der Waals surface area contributed by atoms with Gasteiger partial charge in [0, 0.05) is 33.0 Å². The molecule has 7 aromatic carbocycles. The summed E-state index contributed by atoms with van der Waals surface area (Å²) in [6.07, 6.45) is 0. The van der Waals surface area contributed by atoms with Gasteiger partial charge in [0.2, 0.25) is 0 Å². The Morgan fingerprint density at radius 2 is 0.980 bits per heavy atom. The first-order chi connectivity index (χ1) is 28.8. The quantitative estimate of drug-likeness (QED) is 0.182. The summed E-state index contributed by atoms with van der Waals surface area (Å²) in [5.41, 5.74) is 3.45. The highest BCUT2D eigenvalue weighted by Crippen LogP contribution is 2.40. The first-order valence-corrected chi connectivity index (χ1v) is 15.5. The van der Waals surface area contributed by atoms with Crippen LogP contribution in [-0.4, -0.2) is 15.0 Å². The number of rotatable bonds is 6. The Morgan fingerprint density at radius 1 is 0.408 bits per heavy atom. The smallest absolute Gasteiger partial charge is 0.164 e. The molecule has 9 rings (SSSR count). The first kappa shape index (κ1) is 19.2. The maximum atomic E-state index is 9.30. The minimum atomic E-state index is -0.682. The first-order valence-electron chi connectivity index (χ1n) is 21.0.